The van der Waals surface area contributed by atoms with Crippen molar-refractivity contribution in [3.63, 3.8) is 0 Å². The number of hydrogen-bond donors (Lipinski definition) is 2. The predicted molar refractivity (Wildman–Crippen MR) is 139 cm³/mol. The monoisotopic (exact) mass is 488 g/mol. The summed E-state index contributed by atoms with van der Waals surface area (Å²) in [6.45, 7) is 0.698. The maximum absolute atomic E-state index is 10.3. The van der Waals surface area contributed by atoms with Gasteiger partial charge in [-0.05, 0) is 36.6 Å². The number of fused-ring (bicyclic) bond motifs is 2. The lowest BCUT2D eigenvalue weighted by molar-refractivity contribution is 0.116. The highest BCUT2D eigenvalue weighted by Gasteiger charge is 2.23. The molecule has 1 saturated carbocycles. The second-order valence-corrected chi connectivity index (χ2v) is 10.3. The van der Waals surface area contributed by atoms with Crippen LogP contribution in [0.4, 0.5) is 5.13 Å². The molecule has 2 unspecified atom stereocenters. The molecule has 3 heterocycles. The van der Waals surface area contributed by atoms with Crippen LogP contribution < -0.4 is 10.1 Å². The van der Waals surface area contributed by atoms with E-state index in [0.717, 1.165) is 68.9 Å². The Morgan fingerprint density at radius 3 is 2.86 bits per heavy atom. The number of aromatic nitrogens is 5. The first-order chi connectivity index (χ1) is 17.1. The molecule has 35 heavy (non-hydrogen) atoms. The minimum Gasteiger partial charge on any atom is -0.496 e. The molecule has 0 spiro atoms. The minimum absolute atomic E-state index is 0.0904. The average molecular weight is 489 g/mol. The number of aliphatic hydroxyl groups excluding tert-OH is 1. The second kappa shape index (κ2) is 8.98. The third-order valence-electron chi connectivity index (χ3n) is 6.80. The minimum atomic E-state index is -0.295. The van der Waals surface area contributed by atoms with Crippen molar-refractivity contribution in [3.05, 3.63) is 54.6 Å². The quantitative estimate of drug-likeness (QED) is 0.356. The van der Waals surface area contributed by atoms with Gasteiger partial charge in [0.15, 0.2) is 5.13 Å². The van der Waals surface area contributed by atoms with Gasteiger partial charge in [-0.1, -0.05) is 30.2 Å². The van der Waals surface area contributed by atoms with Crippen LogP contribution in [0.25, 0.3) is 32.4 Å². The summed E-state index contributed by atoms with van der Waals surface area (Å²) in [6, 6.07) is 10.6. The largest absolute Gasteiger partial charge is 0.496 e. The van der Waals surface area contributed by atoms with Crippen LogP contribution in [0, 0.1) is 0 Å². The fourth-order valence-corrected chi connectivity index (χ4v) is 5.92. The summed E-state index contributed by atoms with van der Waals surface area (Å²) in [5.74, 6) is 0.797. The topological polar surface area (TPSA) is 90.0 Å². The molecule has 0 amide bonds. The SMILES string of the molecule is COc1cc2c(cc1-c1cnn(C)c1)ncn2Cc1ccc2nc(NC3CCCCC3O)sc2c1. The van der Waals surface area contributed by atoms with E-state index in [0.29, 0.717) is 6.54 Å². The van der Waals surface area contributed by atoms with Gasteiger partial charge in [0.25, 0.3) is 0 Å². The fourth-order valence-electron chi connectivity index (χ4n) is 4.93. The van der Waals surface area contributed by atoms with Gasteiger partial charge < -0.3 is 19.7 Å². The lowest BCUT2D eigenvalue weighted by Gasteiger charge is -2.27. The number of imidazole rings is 1. The van der Waals surface area contributed by atoms with E-state index in [2.05, 4.69) is 44.2 Å². The molecular weight excluding hydrogens is 460 g/mol. The van der Waals surface area contributed by atoms with E-state index in [1.807, 2.05) is 31.8 Å². The summed E-state index contributed by atoms with van der Waals surface area (Å²) in [4.78, 5) is 9.40. The van der Waals surface area contributed by atoms with Gasteiger partial charge in [0.05, 0.1) is 53.0 Å². The molecular formula is C26H28N6O2S. The van der Waals surface area contributed by atoms with Crippen molar-refractivity contribution in [2.45, 2.75) is 44.4 Å². The molecule has 1 aliphatic carbocycles. The van der Waals surface area contributed by atoms with E-state index in [-0.39, 0.29) is 12.1 Å². The molecule has 180 valence electrons. The Balaban J connectivity index is 1.27. The number of ether oxygens (including phenoxy) is 1. The molecule has 8 nitrogen and oxygen atoms in total. The lowest BCUT2D eigenvalue weighted by atomic mass is 9.93. The van der Waals surface area contributed by atoms with Crippen LogP contribution in [0.5, 0.6) is 5.75 Å². The highest BCUT2D eigenvalue weighted by atomic mass is 32.1. The van der Waals surface area contributed by atoms with Crippen LogP contribution in [0.2, 0.25) is 0 Å². The first-order valence-electron chi connectivity index (χ1n) is 11.9. The summed E-state index contributed by atoms with van der Waals surface area (Å²) >= 11 is 1.64. The van der Waals surface area contributed by atoms with Crippen molar-refractivity contribution >= 4 is 37.7 Å². The Bertz CT molecular complexity index is 1500. The Kier molecular flexibility index (Phi) is 5.66. The maximum Gasteiger partial charge on any atom is 0.184 e. The van der Waals surface area contributed by atoms with Gasteiger partial charge in [-0.15, -0.1) is 0 Å². The molecule has 2 aromatic carbocycles. The van der Waals surface area contributed by atoms with Gasteiger partial charge >= 0.3 is 0 Å². The van der Waals surface area contributed by atoms with Crippen molar-refractivity contribution in [3.8, 4) is 16.9 Å². The molecule has 2 atom stereocenters. The first kappa shape index (κ1) is 22.1. The Labute approximate surface area is 207 Å². The molecule has 0 bridgehead atoms. The number of aliphatic hydroxyl groups is 1. The zero-order valence-electron chi connectivity index (χ0n) is 19.8. The molecule has 3 aromatic heterocycles. The summed E-state index contributed by atoms with van der Waals surface area (Å²) in [7, 11) is 3.60. The first-order valence-corrected chi connectivity index (χ1v) is 12.7. The molecule has 6 rings (SSSR count). The van der Waals surface area contributed by atoms with E-state index in [9.17, 15) is 5.11 Å². The molecule has 2 N–H and O–H groups in total. The van der Waals surface area contributed by atoms with Gasteiger partial charge in [0.1, 0.15) is 5.75 Å². The molecule has 1 aliphatic rings. The van der Waals surface area contributed by atoms with Gasteiger partial charge in [-0.2, -0.15) is 5.10 Å². The van der Waals surface area contributed by atoms with Crippen molar-refractivity contribution in [2.24, 2.45) is 7.05 Å². The van der Waals surface area contributed by atoms with Crippen molar-refractivity contribution in [2.75, 3.05) is 12.4 Å². The van der Waals surface area contributed by atoms with E-state index < -0.39 is 0 Å². The van der Waals surface area contributed by atoms with Crippen LogP contribution >= 0.6 is 11.3 Å². The van der Waals surface area contributed by atoms with Gasteiger partial charge in [0.2, 0.25) is 0 Å². The third kappa shape index (κ3) is 4.26. The zero-order valence-corrected chi connectivity index (χ0v) is 20.6. The van der Waals surface area contributed by atoms with Crippen LogP contribution in [0.1, 0.15) is 31.2 Å². The van der Waals surface area contributed by atoms with Crippen molar-refractivity contribution < 1.29 is 9.84 Å². The van der Waals surface area contributed by atoms with E-state index in [1.165, 1.54) is 5.56 Å². The number of aryl methyl sites for hydroxylation is 1. The standard InChI is InChI=1S/C26H28N6O2S/c1-31-14-17(12-28-31)18-10-21-22(11-24(18)34-2)32(15-27-21)13-16-7-8-20-25(9-16)35-26(30-20)29-19-5-3-4-6-23(19)33/h7-12,14-15,19,23,33H,3-6,13H2,1-2H3,(H,29,30). The molecule has 5 aromatic rings. The Morgan fingerprint density at radius 2 is 2.06 bits per heavy atom. The van der Waals surface area contributed by atoms with Crippen LogP contribution in [0.15, 0.2) is 49.1 Å². The van der Waals surface area contributed by atoms with Crippen LogP contribution in [0.3, 0.4) is 0 Å². The molecule has 0 radical (unpaired) electrons. The van der Waals surface area contributed by atoms with Gasteiger partial charge in [-0.25, -0.2) is 9.97 Å². The van der Waals surface area contributed by atoms with E-state index in [1.54, 1.807) is 23.1 Å². The lowest BCUT2D eigenvalue weighted by Crippen LogP contribution is -2.36. The number of thiazole rings is 1. The average Bonchev–Trinajstić information content (AvgIpc) is 3.57. The number of hydrogen-bond acceptors (Lipinski definition) is 7. The van der Waals surface area contributed by atoms with Crippen LogP contribution in [-0.2, 0) is 13.6 Å². The number of methoxy groups -OCH3 is 1. The summed E-state index contributed by atoms with van der Waals surface area (Å²) < 4.78 is 10.8. The van der Waals surface area contributed by atoms with Crippen molar-refractivity contribution in [1.29, 1.82) is 0 Å². The van der Waals surface area contributed by atoms with Gasteiger partial charge in [0, 0.05) is 37.0 Å². The Hall–Kier alpha value is -3.43. The summed E-state index contributed by atoms with van der Waals surface area (Å²) in [5, 5.41) is 18.9. The molecule has 0 aliphatic heterocycles. The van der Waals surface area contributed by atoms with Gasteiger partial charge in [-0.3, -0.25) is 4.68 Å². The number of nitrogens with one attached hydrogen (secondary N) is 1. The molecule has 9 heteroatoms. The number of nitrogens with zero attached hydrogens (tertiary/aromatic N) is 5. The van der Waals surface area contributed by atoms with E-state index in [4.69, 9.17) is 9.72 Å². The maximum atomic E-state index is 10.3. The second-order valence-electron chi connectivity index (χ2n) is 9.24. The highest BCUT2D eigenvalue weighted by molar-refractivity contribution is 7.22. The normalized spacial score (nSPS) is 18.4. The third-order valence-corrected chi connectivity index (χ3v) is 7.75. The number of anilines is 1. The molecule has 0 saturated heterocycles. The zero-order chi connectivity index (χ0) is 23.9. The highest BCUT2D eigenvalue weighted by Crippen LogP contribution is 2.34. The smallest absolute Gasteiger partial charge is 0.184 e. The Morgan fingerprint density at radius 1 is 1.17 bits per heavy atom. The van der Waals surface area contributed by atoms with E-state index >= 15 is 0 Å². The number of benzene rings is 2. The van der Waals surface area contributed by atoms with Crippen LogP contribution in [-0.4, -0.2) is 48.7 Å². The predicted octanol–water partition coefficient (Wildman–Crippen LogP) is 4.82. The number of rotatable bonds is 6. The summed E-state index contributed by atoms with van der Waals surface area (Å²) in [5.41, 5.74) is 6.08. The van der Waals surface area contributed by atoms with Crippen molar-refractivity contribution in [1.82, 2.24) is 24.3 Å². The molecule has 1 fully saturated rings. The fraction of sp³-hybridized carbons (Fsp3) is 0.346. The summed E-state index contributed by atoms with van der Waals surface area (Å²) in [6.07, 6.45) is 9.50.